The highest BCUT2D eigenvalue weighted by molar-refractivity contribution is 15.0. The van der Waals surface area contributed by atoms with E-state index >= 15 is 0 Å². The van der Waals surface area contributed by atoms with Crippen LogP contribution in [0.5, 0.6) is 0 Å². The van der Waals surface area contributed by atoms with Crippen molar-refractivity contribution >= 4 is 93.8 Å². The first kappa shape index (κ1) is 45.6. The first-order valence-electron chi connectivity index (χ1n) is 13.0. The zero-order valence-electron chi connectivity index (χ0n) is 25.0. The van der Waals surface area contributed by atoms with Crippen molar-refractivity contribution < 1.29 is 28.8 Å². The van der Waals surface area contributed by atoms with Gasteiger partial charge in [0.15, 0.2) is 5.78 Å². The average Bonchev–Trinajstić information content (AvgIpc) is 3.55. The summed E-state index contributed by atoms with van der Waals surface area (Å²) in [5.74, 6) is -1.22. The monoisotopic (exact) mass is 939 g/mol. The van der Waals surface area contributed by atoms with Gasteiger partial charge in [-0.15, -0.1) is 24.0 Å². The van der Waals surface area contributed by atoms with Gasteiger partial charge < -0.3 is 15.1 Å². The third-order valence-electron chi connectivity index (χ3n) is 6.90. The van der Waals surface area contributed by atoms with E-state index in [0.717, 1.165) is 50.0 Å². The molecule has 0 amide bonds. The molecule has 0 aromatic heterocycles. The van der Waals surface area contributed by atoms with Gasteiger partial charge >= 0.3 is 11.9 Å². The lowest BCUT2D eigenvalue weighted by Crippen LogP contribution is -2.21. The van der Waals surface area contributed by atoms with Gasteiger partial charge in [-0.05, 0) is 60.6 Å². The van der Waals surface area contributed by atoms with Crippen LogP contribution in [0.3, 0.4) is 0 Å². The number of carbonyl (C=O) groups is 3. The molecule has 2 atom stereocenters. The van der Waals surface area contributed by atoms with Gasteiger partial charge in [-0.2, -0.15) is 0 Å². The molecule has 0 bridgehead atoms. The maximum atomic E-state index is 11.9. The lowest BCUT2D eigenvalue weighted by atomic mass is 9.94. The van der Waals surface area contributed by atoms with Crippen molar-refractivity contribution in [1.82, 2.24) is 14.7 Å². The third-order valence-corrected chi connectivity index (χ3v) is 7.68. The molecule has 9 nitrogen and oxygen atoms in total. The van der Waals surface area contributed by atoms with Gasteiger partial charge in [0.1, 0.15) is 0 Å². The number of aliphatic carboxylic acids is 2. The van der Waals surface area contributed by atoms with Gasteiger partial charge in [-0.25, -0.2) is 4.79 Å². The number of hydrogen-bond acceptors (Lipinski definition) is 7. The minimum Gasteiger partial charge on any atom is -0.481 e. The molecule has 242 valence electrons. The highest BCUT2D eigenvalue weighted by Gasteiger charge is 2.34. The number of likely N-dealkylation sites (N-methyl/N-ethyl adjacent to an activating group) is 2. The molecule has 3 aliphatic heterocycles. The molecule has 3 heterocycles. The zero-order chi connectivity index (χ0) is 30.5. The van der Waals surface area contributed by atoms with Crippen LogP contribution < -0.4 is 0 Å². The lowest BCUT2D eigenvalue weighted by molar-refractivity contribution is -0.142. The third kappa shape index (κ3) is 16.7. The fourth-order valence-electron chi connectivity index (χ4n) is 4.95. The molecule has 0 saturated carbocycles. The van der Waals surface area contributed by atoms with Crippen LogP contribution in [-0.4, -0.2) is 125 Å². The van der Waals surface area contributed by atoms with Crippen LogP contribution in [0.25, 0.3) is 0 Å². The van der Waals surface area contributed by atoms with Gasteiger partial charge in [0.2, 0.25) is 0 Å². The number of nitrogens with zero attached hydrogens (tertiary/aromatic N) is 3. The van der Waals surface area contributed by atoms with Gasteiger partial charge in [0.25, 0.3) is 0 Å². The Hall–Kier alpha value is 0.180. The maximum absolute atomic E-state index is 11.9. The van der Waals surface area contributed by atoms with Gasteiger partial charge in [0, 0.05) is 100.0 Å². The van der Waals surface area contributed by atoms with Crippen LogP contribution >= 0.6 is 61.2 Å². The van der Waals surface area contributed by atoms with Crippen molar-refractivity contribution in [3.8, 4) is 0 Å². The smallest absolute Gasteiger partial charge is 0.332 e. The number of carboxylic acid groups (broad SMARTS) is 2. The predicted octanol–water partition coefficient (Wildman–Crippen LogP) is 4.96. The van der Waals surface area contributed by atoms with Crippen LogP contribution in [0, 0.1) is 11.8 Å². The average molecular weight is 940 g/mol. The Balaban J connectivity index is -0.000000508. The van der Waals surface area contributed by atoms with E-state index in [0.29, 0.717) is 31.1 Å². The molecule has 1 saturated heterocycles. The van der Waals surface area contributed by atoms with Crippen molar-refractivity contribution in [3.05, 3.63) is 22.3 Å². The number of Topliss-reactive ketones (excluding diaryl/α,β-unsaturated/α-hetero) is 1. The number of halogens is 3. The molecule has 3 rings (SSSR count). The standard InChI is InChI=1S/C11H19NO2S.C8H15NO2.C8H13NO2.CH4.I2.HI/c1-5-9-6-12(2)7-10(9)11(13)8-15(3,4)14;2*1-3-6-4-9(2)5-7(6)8(10)11;;1-2;/h8H,5-7H2,1-4H3;6-7H,3-5H2,1-2H3,(H,10,11);3-5H2,1-2H3,(H,10,11);1H4;;1H/t;6-,7+;;;;/m.1..../s1. The molecule has 2 N–H and O–H groups in total. The molecule has 0 aromatic rings. The molecule has 3 aliphatic rings. The topological polar surface area (TPSA) is 118 Å². The van der Waals surface area contributed by atoms with Crippen molar-refractivity contribution in [1.29, 1.82) is 0 Å². The van der Waals surface area contributed by atoms with E-state index in [1.165, 1.54) is 10.9 Å². The van der Waals surface area contributed by atoms with Crippen LogP contribution in [-0.2, 0) is 23.9 Å². The summed E-state index contributed by atoms with van der Waals surface area (Å²) in [6.45, 7) is 10.7. The van der Waals surface area contributed by atoms with E-state index in [-0.39, 0.29) is 43.1 Å². The normalized spacial score (nSPS) is 20.8. The Morgan fingerprint density at radius 1 is 0.854 bits per heavy atom. The number of ketones is 1. The zero-order valence-corrected chi connectivity index (χ0v) is 32.5. The first-order valence-corrected chi connectivity index (χ1v) is 21.8. The summed E-state index contributed by atoms with van der Waals surface area (Å²) in [4.78, 5) is 39.4. The second kappa shape index (κ2) is 22.7. The van der Waals surface area contributed by atoms with E-state index in [1.54, 1.807) is 12.5 Å². The summed E-state index contributed by atoms with van der Waals surface area (Å²) in [5, 5.41) is 18.9. The number of likely N-dealkylation sites (tertiary alicyclic amines) is 1. The number of hydrogen-bond donors (Lipinski definition) is 2. The van der Waals surface area contributed by atoms with Crippen LogP contribution in [0.1, 0.15) is 47.5 Å². The van der Waals surface area contributed by atoms with Crippen molar-refractivity contribution in [2.24, 2.45) is 11.8 Å². The Morgan fingerprint density at radius 3 is 1.61 bits per heavy atom. The highest BCUT2D eigenvalue weighted by Crippen LogP contribution is 2.24. The Bertz CT molecular complexity index is 1030. The van der Waals surface area contributed by atoms with E-state index in [1.807, 2.05) is 33.0 Å². The number of rotatable bonds is 7. The summed E-state index contributed by atoms with van der Waals surface area (Å²) in [6, 6.07) is 0. The lowest BCUT2D eigenvalue weighted by Gasteiger charge is -2.10. The number of carboxylic acids is 2. The van der Waals surface area contributed by atoms with E-state index in [4.69, 9.17) is 10.2 Å². The fourth-order valence-corrected chi connectivity index (χ4v) is 5.61. The quantitative estimate of drug-likeness (QED) is 0.270. The highest BCUT2D eigenvalue weighted by atomic mass is 128. The van der Waals surface area contributed by atoms with Crippen LogP contribution in [0.2, 0.25) is 0 Å². The van der Waals surface area contributed by atoms with Crippen LogP contribution in [0.15, 0.2) is 22.3 Å². The predicted molar refractivity (Wildman–Crippen MR) is 201 cm³/mol. The summed E-state index contributed by atoms with van der Waals surface area (Å²) in [6.07, 6.45) is 5.91. The van der Waals surface area contributed by atoms with Gasteiger partial charge in [-0.1, -0.05) is 34.6 Å². The molecule has 0 radical (unpaired) electrons. The second-order valence-electron chi connectivity index (χ2n) is 10.6. The minimum absolute atomic E-state index is 0. The Labute approximate surface area is 289 Å². The molecule has 1 fully saturated rings. The van der Waals surface area contributed by atoms with Crippen LogP contribution in [0.4, 0.5) is 0 Å². The van der Waals surface area contributed by atoms with Crippen molar-refractivity contribution in [3.63, 3.8) is 0 Å². The summed E-state index contributed by atoms with van der Waals surface area (Å²) >= 11 is 4.24. The van der Waals surface area contributed by atoms with Crippen molar-refractivity contribution in [2.45, 2.75) is 47.5 Å². The van der Waals surface area contributed by atoms with Gasteiger partial charge in [-0.3, -0.25) is 23.6 Å². The summed E-state index contributed by atoms with van der Waals surface area (Å²) in [5.41, 5.74) is 3.69. The van der Waals surface area contributed by atoms with E-state index < -0.39 is 21.5 Å². The number of carbonyl (C=O) groups excluding carboxylic acids is 1. The molecular weight excluding hydrogens is 887 g/mol. The molecule has 0 aliphatic carbocycles. The molecule has 0 aromatic carbocycles. The SMILES string of the molecule is C.CCC1=C(C(=O)C=S(C)(C)=O)CN(C)C1.CCC1=C(C(=O)O)CN(C)C1.CC[C@@H]1CN(C)C[C@@H]1C(=O)O.I.II. The van der Waals surface area contributed by atoms with E-state index in [2.05, 4.69) is 60.9 Å². The molecule has 0 unspecified atom stereocenters. The minimum atomic E-state index is -2.09. The van der Waals surface area contributed by atoms with Gasteiger partial charge in [0.05, 0.1) is 11.5 Å². The Morgan fingerprint density at radius 2 is 1.29 bits per heavy atom. The molecule has 41 heavy (non-hydrogen) atoms. The largest absolute Gasteiger partial charge is 0.481 e. The second-order valence-corrected chi connectivity index (χ2v) is 13.5. The molecular formula is C28H52I3N3O6S. The maximum Gasteiger partial charge on any atom is 0.332 e. The summed E-state index contributed by atoms with van der Waals surface area (Å²) in [7, 11) is 3.82. The van der Waals surface area contributed by atoms with E-state index in [9.17, 15) is 18.6 Å². The first-order chi connectivity index (χ1) is 18.1. The molecule has 13 heteroatoms. The summed E-state index contributed by atoms with van der Waals surface area (Å²) < 4.78 is 11.5. The molecule has 0 spiro atoms. The van der Waals surface area contributed by atoms with Crippen molar-refractivity contribution in [2.75, 3.05) is 72.9 Å². The Kier molecular flexibility index (Phi) is 25.2. The fraction of sp³-hybridized carbons (Fsp3) is 0.714.